The van der Waals surface area contributed by atoms with E-state index in [0.29, 0.717) is 12.1 Å². The van der Waals surface area contributed by atoms with Crippen molar-refractivity contribution in [3.05, 3.63) is 23.9 Å². The second-order valence-corrected chi connectivity index (χ2v) is 4.89. The summed E-state index contributed by atoms with van der Waals surface area (Å²) in [6, 6.07) is 1.33. The second kappa shape index (κ2) is 6.26. The van der Waals surface area contributed by atoms with Crippen molar-refractivity contribution >= 4 is 11.8 Å². The van der Waals surface area contributed by atoms with Crippen molar-refractivity contribution in [3.8, 4) is 0 Å². The summed E-state index contributed by atoms with van der Waals surface area (Å²) in [5.74, 6) is -5.52. The van der Waals surface area contributed by atoms with Crippen molar-refractivity contribution in [2.24, 2.45) is 0 Å². The molecule has 0 bridgehead atoms. The average Bonchev–Trinajstić information content (AvgIpc) is 2.44. The lowest BCUT2D eigenvalue weighted by atomic mass is 10.1. The molecule has 128 valence electrons. The van der Waals surface area contributed by atoms with Gasteiger partial charge in [-0.05, 0) is 12.1 Å². The van der Waals surface area contributed by atoms with Crippen LogP contribution in [0.5, 0.6) is 0 Å². The van der Waals surface area contributed by atoms with Gasteiger partial charge >= 0.3 is 18.1 Å². The quantitative estimate of drug-likeness (QED) is 0.607. The monoisotopic (exact) mass is 340 g/mol. The molecule has 2 heterocycles. The van der Waals surface area contributed by atoms with Gasteiger partial charge in [-0.25, -0.2) is 9.78 Å². The number of alkyl halides is 5. The first-order valence-electron chi connectivity index (χ1n) is 6.49. The Morgan fingerprint density at radius 3 is 2.57 bits per heavy atom. The molecule has 1 aromatic rings. The fourth-order valence-corrected chi connectivity index (χ4v) is 1.93. The van der Waals surface area contributed by atoms with Crippen LogP contribution in [0.4, 0.5) is 27.8 Å². The molecule has 0 aromatic carbocycles. The molecule has 1 aromatic heterocycles. The third kappa shape index (κ3) is 3.69. The highest BCUT2D eigenvalue weighted by molar-refractivity contribution is 5.70. The summed E-state index contributed by atoms with van der Waals surface area (Å²) in [5, 5.41) is 0. The maximum Gasteiger partial charge on any atom is 0.458 e. The minimum atomic E-state index is -5.67. The molecule has 0 unspecified atom stereocenters. The lowest BCUT2D eigenvalue weighted by Crippen LogP contribution is -2.53. The minimum Gasteiger partial charge on any atom is -0.467 e. The standard InChI is InChI=1S/C13H13F5N2O3/c1-22-11(21)7-23-9-5-20(6-9)10-4-8(2-3-19-10)12(14,15)13(16,17)18/h2-4,9H,5-7H2,1H3. The SMILES string of the molecule is COC(=O)COC1CN(c2cc(C(F)(F)C(F)(F)F)ccn2)C1. The van der Waals surface area contributed by atoms with E-state index in [4.69, 9.17) is 4.74 Å². The molecule has 0 radical (unpaired) electrons. The van der Waals surface area contributed by atoms with E-state index in [-0.39, 0.29) is 31.6 Å². The Morgan fingerprint density at radius 1 is 1.35 bits per heavy atom. The molecule has 0 atom stereocenters. The van der Waals surface area contributed by atoms with Crippen molar-refractivity contribution in [3.63, 3.8) is 0 Å². The van der Waals surface area contributed by atoms with Gasteiger partial charge in [0, 0.05) is 24.8 Å². The van der Waals surface area contributed by atoms with Crippen LogP contribution in [0, 0.1) is 0 Å². The fraction of sp³-hybridized carbons (Fsp3) is 0.538. The van der Waals surface area contributed by atoms with E-state index in [1.165, 1.54) is 12.0 Å². The van der Waals surface area contributed by atoms with Gasteiger partial charge in [0.2, 0.25) is 0 Å². The van der Waals surface area contributed by atoms with E-state index in [2.05, 4.69) is 9.72 Å². The van der Waals surface area contributed by atoms with E-state index in [0.717, 1.165) is 6.20 Å². The van der Waals surface area contributed by atoms with Crippen LogP contribution in [0.2, 0.25) is 0 Å². The molecule has 0 amide bonds. The van der Waals surface area contributed by atoms with Gasteiger partial charge in [0.25, 0.3) is 0 Å². The maximum absolute atomic E-state index is 13.3. The van der Waals surface area contributed by atoms with E-state index in [1.807, 2.05) is 0 Å². The van der Waals surface area contributed by atoms with Crippen molar-refractivity contribution in [2.75, 3.05) is 31.7 Å². The number of anilines is 1. The van der Waals surface area contributed by atoms with Crippen molar-refractivity contribution in [2.45, 2.75) is 18.2 Å². The Labute approximate surface area is 128 Å². The van der Waals surface area contributed by atoms with E-state index >= 15 is 0 Å². The zero-order chi connectivity index (χ0) is 17.3. The zero-order valence-corrected chi connectivity index (χ0v) is 11.9. The number of ether oxygens (including phenoxy) is 2. The normalized spacial score (nSPS) is 16.2. The molecule has 1 aliphatic rings. The van der Waals surface area contributed by atoms with Crippen LogP contribution in [0.1, 0.15) is 5.56 Å². The fourth-order valence-electron chi connectivity index (χ4n) is 1.93. The summed E-state index contributed by atoms with van der Waals surface area (Å²) in [6.07, 6.45) is -5.12. The van der Waals surface area contributed by atoms with Crippen LogP contribution < -0.4 is 4.90 Å². The summed E-state index contributed by atoms with van der Waals surface area (Å²) < 4.78 is 73.3. The van der Waals surface area contributed by atoms with Gasteiger partial charge < -0.3 is 14.4 Å². The summed E-state index contributed by atoms with van der Waals surface area (Å²) >= 11 is 0. The van der Waals surface area contributed by atoms with Crippen LogP contribution >= 0.6 is 0 Å². The Hall–Kier alpha value is -1.97. The number of carbonyl (C=O) groups excluding carboxylic acids is 1. The summed E-state index contributed by atoms with van der Waals surface area (Å²) in [6.45, 7) is 0.199. The van der Waals surface area contributed by atoms with Gasteiger partial charge in [0.1, 0.15) is 12.4 Å². The van der Waals surface area contributed by atoms with Gasteiger partial charge in [-0.3, -0.25) is 0 Å². The molecule has 10 heteroatoms. The summed E-state index contributed by atoms with van der Waals surface area (Å²) in [5.41, 5.74) is -1.17. The first kappa shape index (κ1) is 17.4. The summed E-state index contributed by atoms with van der Waals surface area (Å²) in [7, 11) is 1.20. The number of esters is 1. The number of methoxy groups -OCH3 is 1. The highest BCUT2D eigenvalue weighted by Gasteiger charge is 2.58. The van der Waals surface area contributed by atoms with Crippen molar-refractivity contribution in [1.29, 1.82) is 0 Å². The second-order valence-electron chi connectivity index (χ2n) is 4.89. The smallest absolute Gasteiger partial charge is 0.458 e. The molecule has 1 fully saturated rings. The Morgan fingerprint density at radius 2 is 2.00 bits per heavy atom. The molecule has 5 nitrogen and oxygen atoms in total. The van der Waals surface area contributed by atoms with Crippen molar-refractivity contribution < 1.29 is 36.2 Å². The van der Waals surface area contributed by atoms with Gasteiger partial charge in [0.05, 0.1) is 13.2 Å². The van der Waals surface area contributed by atoms with Crippen LogP contribution in [0.25, 0.3) is 0 Å². The largest absolute Gasteiger partial charge is 0.467 e. The van der Waals surface area contributed by atoms with Gasteiger partial charge in [-0.15, -0.1) is 0 Å². The van der Waals surface area contributed by atoms with Gasteiger partial charge in [0.15, 0.2) is 0 Å². The Balaban J connectivity index is 1.99. The lowest BCUT2D eigenvalue weighted by Gasteiger charge is -2.39. The molecule has 0 aliphatic carbocycles. The number of rotatable bonds is 5. The first-order chi connectivity index (χ1) is 10.6. The Bertz CT molecular complexity index is 573. The number of pyridine rings is 1. The maximum atomic E-state index is 13.3. The first-order valence-corrected chi connectivity index (χ1v) is 6.49. The third-order valence-corrected chi connectivity index (χ3v) is 3.30. The molecule has 23 heavy (non-hydrogen) atoms. The topological polar surface area (TPSA) is 51.7 Å². The van der Waals surface area contributed by atoms with Crippen LogP contribution in [-0.4, -0.2) is 50.0 Å². The number of hydrogen-bond acceptors (Lipinski definition) is 5. The number of nitrogens with zero attached hydrogens (tertiary/aromatic N) is 2. The van der Waals surface area contributed by atoms with E-state index < -0.39 is 23.6 Å². The predicted molar refractivity (Wildman–Crippen MR) is 68.2 cm³/mol. The number of hydrogen-bond donors (Lipinski definition) is 0. The zero-order valence-electron chi connectivity index (χ0n) is 11.9. The predicted octanol–water partition coefficient (Wildman–Crippen LogP) is 2.11. The number of halogens is 5. The number of aromatic nitrogens is 1. The average molecular weight is 340 g/mol. The number of carbonyl (C=O) groups is 1. The van der Waals surface area contributed by atoms with Crippen LogP contribution in [0.3, 0.4) is 0 Å². The lowest BCUT2D eigenvalue weighted by molar-refractivity contribution is -0.289. The van der Waals surface area contributed by atoms with E-state index in [1.54, 1.807) is 0 Å². The highest BCUT2D eigenvalue weighted by atomic mass is 19.4. The third-order valence-electron chi connectivity index (χ3n) is 3.30. The molecule has 0 N–H and O–H groups in total. The molecule has 1 aliphatic heterocycles. The summed E-state index contributed by atoms with van der Waals surface area (Å²) in [4.78, 5) is 16.1. The molecule has 1 saturated heterocycles. The minimum absolute atomic E-state index is 0.00987. The molecule has 2 rings (SSSR count). The Kier molecular flexibility index (Phi) is 4.73. The van der Waals surface area contributed by atoms with Gasteiger partial charge in [-0.2, -0.15) is 22.0 Å². The van der Waals surface area contributed by atoms with Crippen LogP contribution in [-0.2, 0) is 20.2 Å². The van der Waals surface area contributed by atoms with Crippen LogP contribution in [0.15, 0.2) is 18.3 Å². The molecular formula is C13H13F5N2O3. The van der Waals surface area contributed by atoms with Crippen molar-refractivity contribution in [1.82, 2.24) is 4.98 Å². The van der Waals surface area contributed by atoms with E-state index in [9.17, 15) is 26.7 Å². The molecule has 0 spiro atoms. The van der Waals surface area contributed by atoms with Gasteiger partial charge in [-0.1, -0.05) is 0 Å². The molecule has 0 saturated carbocycles. The highest BCUT2D eigenvalue weighted by Crippen LogP contribution is 2.44. The molecular weight excluding hydrogens is 327 g/mol.